The molecule has 3 N–H and O–H groups in total. The van der Waals surface area contributed by atoms with E-state index in [0.29, 0.717) is 43.2 Å². The summed E-state index contributed by atoms with van der Waals surface area (Å²) in [5.74, 6) is -0.146. The Morgan fingerprint density at radius 1 is 1.00 bits per heavy atom. The molecule has 12 nitrogen and oxygen atoms in total. The first kappa shape index (κ1) is 40.8. The van der Waals surface area contributed by atoms with Gasteiger partial charge in [0.2, 0.25) is 0 Å². The Kier molecular flexibility index (Phi) is 12.0. The lowest BCUT2D eigenvalue weighted by Gasteiger charge is -2.39. The summed E-state index contributed by atoms with van der Waals surface area (Å²) < 4.78 is 47.2. The van der Waals surface area contributed by atoms with Crippen LogP contribution in [0.5, 0.6) is 11.5 Å². The van der Waals surface area contributed by atoms with Gasteiger partial charge in [-0.25, -0.2) is 18.1 Å². The fourth-order valence-electron chi connectivity index (χ4n) is 8.13. The highest BCUT2D eigenvalue weighted by molar-refractivity contribution is 7.90. The van der Waals surface area contributed by atoms with Crippen molar-refractivity contribution in [2.75, 3.05) is 69.3 Å². The molecule has 2 fully saturated rings. The van der Waals surface area contributed by atoms with E-state index in [1.54, 1.807) is 30.6 Å². The van der Waals surface area contributed by atoms with E-state index in [-0.39, 0.29) is 27.7 Å². The number of halogens is 1. The number of aryl methyl sites for hydroxylation is 1. The van der Waals surface area contributed by atoms with Crippen LogP contribution in [0.1, 0.15) is 54.6 Å². The number of anilines is 2. The molecule has 1 amide bonds. The van der Waals surface area contributed by atoms with Gasteiger partial charge in [-0.15, -0.1) is 0 Å². The number of carbonyl (C=O) groups is 1. The number of hydrogen-bond donors (Lipinski definition) is 3. The molecule has 2 aliphatic heterocycles. The number of hydrogen-bond acceptors (Lipinski definition) is 10. The third-order valence-corrected chi connectivity index (χ3v) is 13.1. The summed E-state index contributed by atoms with van der Waals surface area (Å²) in [6.45, 7) is 12.8. The van der Waals surface area contributed by atoms with E-state index in [4.69, 9.17) is 25.8 Å². The second kappa shape index (κ2) is 17.4. The van der Waals surface area contributed by atoms with Crippen LogP contribution in [0.15, 0.2) is 95.7 Å². The number of fused-ring (bicyclic) bond motifs is 1. The molecule has 0 radical (unpaired) electrons. The Balaban J connectivity index is 0.993. The van der Waals surface area contributed by atoms with Gasteiger partial charge in [0, 0.05) is 61.7 Å². The van der Waals surface area contributed by atoms with Gasteiger partial charge in [0.25, 0.3) is 15.9 Å². The first-order valence-electron chi connectivity index (χ1n) is 20.2. The van der Waals surface area contributed by atoms with Crippen molar-refractivity contribution in [3.8, 4) is 11.5 Å². The lowest BCUT2D eigenvalue weighted by molar-refractivity contribution is -0.0818. The maximum atomic E-state index is 13.9. The SMILES string of the molecule is Cc1cc(S(=O)(=O)NC(=O)c2ccc(N3CCN(CC4=C(c5ccc(Cl)cc5)CC(C)(C)CC4)CC3)cc2Oc2cccc3[nH]cnc23)ccc1NCC1COCCO1. The third-order valence-electron chi connectivity index (χ3n) is 11.5. The van der Waals surface area contributed by atoms with E-state index in [1.807, 2.05) is 43.3 Å². The van der Waals surface area contributed by atoms with Gasteiger partial charge in [-0.3, -0.25) is 9.69 Å². The lowest BCUT2D eigenvalue weighted by Crippen LogP contribution is -2.47. The number of benzene rings is 4. The zero-order valence-corrected chi connectivity index (χ0v) is 35.3. The van der Waals surface area contributed by atoms with Crippen LogP contribution in [-0.4, -0.2) is 94.4 Å². The highest BCUT2D eigenvalue weighted by atomic mass is 35.5. The summed E-state index contributed by atoms with van der Waals surface area (Å²) >= 11 is 6.25. The summed E-state index contributed by atoms with van der Waals surface area (Å²) in [6.07, 6.45) is 4.76. The minimum Gasteiger partial charge on any atom is -0.454 e. The number of aromatic nitrogens is 2. The van der Waals surface area contributed by atoms with Crippen molar-refractivity contribution < 1.29 is 27.4 Å². The van der Waals surface area contributed by atoms with E-state index >= 15 is 0 Å². The molecular weight excluding hydrogens is 788 g/mol. The predicted octanol–water partition coefficient (Wildman–Crippen LogP) is 8.05. The molecule has 5 aromatic rings. The number of para-hydroxylation sites is 1. The van der Waals surface area contributed by atoms with Crippen molar-refractivity contribution in [2.24, 2.45) is 5.41 Å². The van der Waals surface area contributed by atoms with E-state index < -0.39 is 15.9 Å². The largest absolute Gasteiger partial charge is 0.454 e. The van der Waals surface area contributed by atoms with E-state index in [2.05, 4.69) is 55.8 Å². The number of imidazole rings is 1. The fraction of sp³-hybridized carbons (Fsp3) is 0.378. The monoisotopic (exact) mass is 838 g/mol. The van der Waals surface area contributed by atoms with Crippen molar-refractivity contribution in [2.45, 2.75) is 51.0 Å². The fourth-order valence-corrected chi connectivity index (χ4v) is 9.31. The molecule has 2 saturated heterocycles. The Labute approximate surface area is 350 Å². The molecule has 4 aromatic carbocycles. The Hall–Kier alpha value is -4.92. The molecule has 0 bridgehead atoms. The lowest BCUT2D eigenvalue weighted by atomic mass is 9.72. The van der Waals surface area contributed by atoms with Crippen LogP contribution in [-0.2, 0) is 19.5 Å². The highest BCUT2D eigenvalue weighted by Crippen LogP contribution is 2.43. The number of amides is 1. The molecule has 14 heteroatoms. The van der Waals surface area contributed by atoms with E-state index in [1.165, 1.54) is 22.8 Å². The number of aromatic amines is 1. The van der Waals surface area contributed by atoms with Crippen LogP contribution in [0, 0.1) is 12.3 Å². The number of ether oxygens (including phenoxy) is 3. The average molecular weight is 839 g/mol. The number of allylic oxidation sites excluding steroid dienone is 1. The molecule has 1 unspecified atom stereocenters. The summed E-state index contributed by atoms with van der Waals surface area (Å²) in [7, 11) is -4.25. The zero-order valence-electron chi connectivity index (χ0n) is 33.7. The van der Waals surface area contributed by atoms with Gasteiger partial charge in [-0.1, -0.05) is 49.2 Å². The minimum atomic E-state index is -4.25. The second-order valence-electron chi connectivity index (χ2n) is 16.4. The number of sulfonamides is 1. The van der Waals surface area contributed by atoms with Gasteiger partial charge in [-0.05, 0) is 103 Å². The Morgan fingerprint density at radius 2 is 1.81 bits per heavy atom. The van der Waals surface area contributed by atoms with Gasteiger partial charge in [0.05, 0.1) is 48.2 Å². The maximum Gasteiger partial charge on any atom is 0.268 e. The quantitative estimate of drug-likeness (QED) is 0.113. The standard InChI is InChI=1S/C45H51ClN6O6S/c1-30-23-36(12-14-39(30)47-26-35-28-56-21-22-57-35)59(54,55)50-44(53)37-13-11-34(24-42(37)58-41-6-4-5-40-43(41)49-29-48-40)52-19-17-51(18-20-52)27-32-15-16-45(2,3)25-38(32)31-7-9-33(46)10-8-31/h4-14,23-24,29,35,47H,15-22,25-28H2,1-3H3,(H,48,49)(H,50,53). The summed E-state index contributed by atoms with van der Waals surface area (Å²) in [5.41, 5.74) is 8.22. The van der Waals surface area contributed by atoms with Gasteiger partial charge in [-0.2, -0.15) is 0 Å². The van der Waals surface area contributed by atoms with Crippen LogP contribution in [0.3, 0.4) is 0 Å². The van der Waals surface area contributed by atoms with Crippen molar-refractivity contribution in [3.05, 3.63) is 112 Å². The molecule has 3 aliphatic rings. The second-order valence-corrected chi connectivity index (χ2v) is 18.5. The number of carbonyl (C=O) groups excluding carboxylic acids is 1. The molecule has 0 spiro atoms. The molecule has 1 atom stereocenters. The zero-order chi connectivity index (χ0) is 41.1. The number of nitrogens with zero attached hydrogens (tertiary/aromatic N) is 3. The summed E-state index contributed by atoms with van der Waals surface area (Å²) in [5, 5.41) is 4.06. The van der Waals surface area contributed by atoms with Crippen molar-refractivity contribution >= 4 is 55.5 Å². The summed E-state index contributed by atoms with van der Waals surface area (Å²) in [4.78, 5) is 26.2. The predicted molar refractivity (Wildman–Crippen MR) is 232 cm³/mol. The van der Waals surface area contributed by atoms with Crippen LogP contribution < -0.4 is 19.7 Å². The molecule has 1 aliphatic carbocycles. The van der Waals surface area contributed by atoms with Gasteiger partial charge in [0.1, 0.15) is 11.3 Å². The van der Waals surface area contributed by atoms with Crippen molar-refractivity contribution in [1.29, 1.82) is 0 Å². The highest BCUT2D eigenvalue weighted by Gasteiger charge is 2.30. The van der Waals surface area contributed by atoms with Crippen LogP contribution in [0.2, 0.25) is 5.02 Å². The molecule has 8 rings (SSSR count). The normalized spacial score (nSPS) is 18.8. The van der Waals surface area contributed by atoms with Gasteiger partial charge in [0.15, 0.2) is 5.75 Å². The third kappa shape index (κ3) is 9.60. The molecule has 1 aromatic heterocycles. The Bertz CT molecular complexity index is 2450. The van der Waals surface area contributed by atoms with Crippen LogP contribution >= 0.6 is 11.6 Å². The van der Waals surface area contributed by atoms with E-state index in [0.717, 1.165) is 73.9 Å². The first-order chi connectivity index (χ1) is 28.4. The van der Waals surface area contributed by atoms with Gasteiger partial charge < -0.3 is 29.4 Å². The molecule has 59 heavy (non-hydrogen) atoms. The molecule has 3 heterocycles. The van der Waals surface area contributed by atoms with Crippen molar-refractivity contribution in [3.63, 3.8) is 0 Å². The molecule has 0 saturated carbocycles. The van der Waals surface area contributed by atoms with Gasteiger partial charge >= 0.3 is 0 Å². The van der Waals surface area contributed by atoms with E-state index in [9.17, 15) is 13.2 Å². The number of piperazine rings is 1. The first-order valence-corrected chi connectivity index (χ1v) is 22.1. The number of H-pyrrole nitrogens is 1. The minimum absolute atomic E-state index is 0.0302. The van der Waals surface area contributed by atoms with Crippen LogP contribution in [0.4, 0.5) is 11.4 Å². The van der Waals surface area contributed by atoms with Crippen molar-refractivity contribution in [1.82, 2.24) is 19.6 Å². The maximum absolute atomic E-state index is 13.9. The average Bonchev–Trinajstić information content (AvgIpc) is 3.72. The summed E-state index contributed by atoms with van der Waals surface area (Å²) in [6, 6.07) is 23.8. The smallest absolute Gasteiger partial charge is 0.268 e. The number of nitrogens with one attached hydrogen (secondary N) is 3. The topological polar surface area (TPSA) is 138 Å². The molecule has 310 valence electrons. The Morgan fingerprint density at radius 3 is 2.58 bits per heavy atom. The number of rotatable bonds is 12. The van der Waals surface area contributed by atoms with Crippen LogP contribution in [0.25, 0.3) is 16.6 Å². The molecular formula is C45H51ClN6O6S.